The Kier molecular flexibility index (Phi) is 7.32. The van der Waals surface area contributed by atoms with Crippen LogP contribution in [0.3, 0.4) is 0 Å². The summed E-state index contributed by atoms with van der Waals surface area (Å²) in [6.07, 6.45) is 4.70. The van der Waals surface area contributed by atoms with E-state index in [9.17, 15) is 9.59 Å². The molecule has 1 rings (SSSR count). The maximum Gasteiger partial charge on any atom is 0.341 e. The Morgan fingerprint density at radius 3 is 2.48 bits per heavy atom. The van der Waals surface area contributed by atoms with Gasteiger partial charge >= 0.3 is 5.97 Å². The molecule has 0 radical (unpaired) electrons. The van der Waals surface area contributed by atoms with Gasteiger partial charge in [0.1, 0.15) is 5.75 Å². The quantitative estimate of drug-likeness (QED) is 0.541. The van der Waals surface area contributed by atoms with Crippen LogP contribution in [-0.4, -0.2) is 29.6 Å². The molecular formula is C18H25NO4. The number of allylic oxidation sites excluding steroid dienone is 1. The van der Waals surface area contributed by atoms with Crippen molar-refractivity contribution in [3.63, 3.8) is 0 Å². The zero-order chi connectivity index (χ0) is 17.4. The van der Waals surface area contributed by atoms with Crippen LogP contribution in [-0.2, 0) is 4.79 Å². The number of carboxylic acid groups (broad SMARTS) is 1. The Hall–Kier alpha value is -2.30. The molecule has 0 aliphatic carbocycles. The number of aliphatic carboxylic acids is 1. The van der Waals surface area contributed by atoms with Gasteiger partial charge in [-0.25, -0.2) is 4.79 Å². The fourth-order valence-corrected chi connectivity index (χ4v) is 2.39. The van der Waals surface area contributed by atoms with E-state index in [2.05, 4.69) is 11.9 Å². The van der Waals surface area contributed by atoms with Gasteiger partial charge in [-0.3, -0.25) is 4.79 Å². The number of carbonyl (C=O) groups excluding carboxylic acids is 1. The number of aryl methyl sites for hydroxylation is 2. The molecule has 2 N–H and O–H groups in total. The second kappa shape index (κ2) is 8.98. The minimum Gasteiger partial charge on any atom is -0.481 e. The number of hydrogen-bond donors (Lipinski definition) is 2. The second-order valence-corrected chi connectivity index (χ2v) is 5.72. The highest BCUT2D eigenvalue weighted by Crippen LogP contribution is 2.25. The molecule has 0 saturated heterocycles. The summed E-state index contributed by atoms with van der Waals surface area (Å²) in [5.41, 5.74) is 2.05. The predicted molar refractivity (Wildman–Crippen MR) is 90.0 cm³/mol. The number of amides is 1. The van der Waals surface area contributed by atoms with Crippen LogP contribution >= 0.6 is 0 Å². The van der Waals surface area contributed by atoms with Crippen molar-refractivity contribution in [2.75, 3.05) is 6.61 Å². The molecule has 1 aromatic rings. The molecule has 0 saturated carbocycles. The highest BCUT2D eigenvalue weighted by Gasteiger charge is 2.14. The molecule has 0 spiro atoms. The number of unbranched alkanes of at least 4 members (excludes halogenated alkanes) is 1. The van der Waals surface area contributed by atoms with Crippen LogP contribution in [0.15, 0.2) is 24.8 Å². The van der Waals surface area contributed by atoms with E-state index in [1.807, 2.05) is 13.0 Å². The Labute approximate surface area is 137 Å². The monoisotopic (exact) mass is 319 g/mol. The van der Waals surface area contributed by atoms with E-state index in [4.69, 9.17) is 9.84 Å². The SMILES string of the molecule is C=CCCCC(C)NC(=O)c1cc(C)c(OCC(=O)O)c(C)c1. The Balaban J connectivity index is 2.74. The van der Waals surface area contributed by atoms with Gasteiger partial charge in [0.2, 0.25) is 0 Å². The molecule has 0 heterocycles. The van der Waals surface area contributed by atoms with Crippen LogP contribution < -0.4 is 10.1 Å². The van der Waals surface area contributed by atoms with Crippen molar-refractivity contribution in [3.8, 4) is 5.75 Å². The first kappa shape index (κ1) is 18.7. The zero-order valence-corrected chi connectivity index (χ0v) is 14.0. The fourth-order valence-electron chi connectivity index (χ4n) is 2.39. The van der Waals surface area contributed by atoms with Gasteiger partial charge in [0, 0.05) is 11.6 Å². The molecule has 23 heavy (non-hydrogen) atoms. The van der Waals surface area contributed by atoms with Crippen LogP contribution in [0.1, 0.15) is 47.7 Å². The van der Waals surface area contributed by atoms with Gasteiger partial charge in [-0.1, -0.05) is 6.08 Å². The summed E-state index contributed by atoms with van der Waals surface area (Å²) in [6, 6.07) is 3.53. The molecule has 1 amide bonds. The first-order chi connectivity index (χ1) is 10.8. The van der Waals surface area contributed by atoms with Gasteiger partial charge in [-0.15, -0.1) is 6.58 Å². The molecule has 1 atom stereocenters. The number of carboxylic acids is 1. The summed E-state index contributed by atoms with van der Waals surface area (Å²) in [5, 5.41) is 11.7. The van der Waals surface area contributed by atoms with E-state index in [1.165, 1.54) is 0 Å². The van der Waals surface area contributed by atoms with Crippen molar-refractivity contribution in [3.05, 3.63) is 41.5 Å². The van der Waals surface area contributed by atoms with Gasteiger partial charge in [-0.05, 0) is 63.3 Å². The summed E-state index contributed by atoms with van der Waals surface area (Å²) >= 11 is 0. The average molecular weight is 319 g/mol. The van der Waals surface area contributed by atoms with E-state index in [-0.39, 0.29) is 11.9 Å². The van der Waals surface area contributed by atoms with Gasteiger partial charge in [0.15, 0.2) is 6.61 Å². The Morgan fingerprint density at radius 1 is 1.35 bits per heavy atom. The molecule has 5 heteroatoms. The first-order valence-corrected chi connectivity index (χ1v) is 7.72. The van der Waals surface area contributed by atoms with Gasteiger partial charge in [0.05, 0.1) is 0 Å². The van der Waals surface area contributed by atoms with Crippen LogP contribution in [0.4, 0.5) is 0 Å². The summed E-state index contributed by atoms with van der Waals surface area (Å²) in [6.45, 7) is 8.87. The third-order valence-corrected chi connectivity index (χ3v) is 3.49. The van der Waals surface area contributed by atoms with E-state index >= 15 is 0 Å². The van der Waals surface area contributed by atoms with E-state index < -0.39 is 12.6 Å². The standard InChI is InChI=1S/C18H25NO4/c1-5-6-7-8-14(4)19-18(22)15-9-12(2)17(13(3)10-15)23-11-16(20)21/h5,9-10,14H,1,6-8,11H2,2-4H3,(H,19,22)(H,20,21). The van der Waals surface area contributed by atoms with E-state index in [0.717, 1.165) is 30.4 Å². The number of benzene rings is 1. The maximum absolute atomic E-state index is 12.3. The largest absolute Gasteiger partial charge is 0.481 e. The lowest BCUT2D eigenvalue weighted by Gasteiger charge is -2.16. The molecule has 0 aliphatic heterocycles. The van der Waals surface area contributed by atoms with E-state index in [1.54, 1.807) is 26.0 Å². The minimum atomic E-state index is -1.03. The number of hydrogen-bond acceptors (Lipinski definition) is 3. The Morgan fingerprint density at radius 2 is 1.96 bits per heavy atom. The van der Waals surface area contributed by atoms with Crippen molar-refractivity contribution in [1.82, 2.24) is 5.32 Å². The van der Waals surface area contributed by atoms with Gasteiger partial charge in [0.25, 0.3) is 5.91 Å². The van der Waals surface area contributed by atoms with Crippen molar-refractivity contribution in [1.29, 1.82) is 0 Å². The summed E-state index contributed by atoms with van der Waals surface area (Å²) in [7, 11) is 0. The van der Waals surface area contributed by atoms with E-state index in [0.29, 0.717) is 11.3 Å². The molecule has 0 fully saturated rings. The number of rotatable bonds is 9. The van der Waals surface area contributed by atoms with Crippen molar-refractivity contribution >= 4 is 11.9 Å². The van der Waals surface area contributed by atoms with Crippen LogP contribution in [0, 0.1) is 13.8 Å². The fraction of sp³-hybridized carbons (Fsp3) is 0.444. The molecule has 1 unspecified atom stereocenters. The van der Waals surface area contributed by atoms with Gasteiger partial charge in [-0.2, -0.15) is 0 Å². The van der Waals surface area contributed by atoms with Crippen LogP contribution in [0.25, 0.3) is 0 Å². The number of carbonyl (C=O) groups is 2. The number of ether oxygens (including phenoxy) is 1. The third kappa shape index (κ3) is 6.14. The van der Waals surface area contributed by atoms with Crippen molar-refractivity contribution in [2.45, 2.75) is 46.1 Å². The molecule has 0 aliphatic rings. The van der Waals surface area contributed by atoms with Crippen LogP contribution in [0.2, 0.25) is 0 Å². The molecule has 1 aromatic carbocycles. The van der Waals surface area contributed by atoms with Crippen molar-refractivity contribution in [2.24, 2.45) is 0 Å². The third-order valence-electron chi connectivity index (χ3n) is 3.49. The molecule has 126 valence electrons. The second-order valence-electron chi connectivity index (χ2n) is 5.72. The lowest BCUT2D eigenvalue weighted by molar-refractivity contribution is -0.139. The molecule has 0 aromatic heterocycles. The first-order valence-electron chi connectivity index (χ1n) is 7.72. The minimum absolute atomic E-state index is 0.0889. The highest BCUT2D eigenvalue weighted by atomic mass is 16.5. The zero-order valence-electron chi connectivity index (χ0n) is 14.0. The van der Waals surface area contributed by atoms with Crippen molar-refractivity contribution < 1.29 is 19.4 Å². The predicted octanol–water partition coefficient (Wildman–Crippen LogP) is 3.24. The molecule has 5 nitrogen and oxygen atoms in total. The molecular weight excluding hydrogens is 294 g/mol. The lowest BCUT2D eigenvalue weighted by atomic mass is 10.0. The summed E-state index contributed by atoms with van der Waals surface area (Å²) in [5.74, 6) is -0.644. The average Bonchev–Trinajstić information content (AvgIpc) is 2.46. The van der Waals surface area contributed by atoms with Crippen LogP contribution in [0.5, 0.6) is 5.75 Å². The Bertz CT molecular complexity index is 557. The smallest absolute Gasteiger partial charge is 0.341 e. The highest BCUT2D eigenvalue weighted by molar-refractivity contribution is 5.95. The summed E-state index contributed by atoms with van der Waals surface area (Å²) < 4.78 is 5.27. The maximum atomic E-state index is 12.3. The number of nitrogens with one attached hydrogen (secondary N) is 1. The normalized spacial score (nSPS) is 11.6. The summed E-state index contributed by atoms with van der Waals surface area (Å²) in [4.78, 5) is 22.9. The lowest BCUT2D eigenvalue weighted by Crippen LogP contribution is -2.32. The molecule has 0 bridgehead atoms. The van der Waals surface area contributed by atoms with Gasteiger partial charge < -0.3 is 15.2 Å². The topological polar surface area (TPSA) is 75.6 Å².